The lowest BCUT2D eigenvalue weighted by atomic mass is 10.1. The van der Waals surface area contributed by atoms with E-state index in [2.05, 4.69) is 19.7 Å². The van der Waals surface area contributed by atoms with Gasteiger partial charge in [-0.15, -0.1) is 0 Å². The number of anilines is 1. The Morgan fingerprint density at radius 1 is 1.14 bits per heavy atom. The smallest absolute Gasteiger partial charge is 0.265 e. The van der Waals surface area contributed by atoms with Crippen LogP contribution in [0.4, 0.5) is 5.82 Å². The second-order valence-corrected chi connectivity index (χ2v) is 7.57. The van der Waals surface area contributed by atoms with E-state index in [0.717, 1.165) is 0 Å². The van der Waals surface area contributed by atoms with Crippen LogP contribution in [0.15, 0.2) is 53.7 Å². The van der Waals surface area contributed by atoms with E-state index in [9.17, 15) is 8.42 Å². The van der Waals surface area contributed by atoms with Gasteiger partial charge in [-0.2, -0.15) is 0 Å². The molecule has 0 saturated heterocycles. The van der Waals surface area contributed by atoms with E-state index in [1.807, 2.05) is 0 Å². The van der Waals surface area contributed by atoms with Gasteiger partial charge in [0.2, 0.25) is 5.82 Å². The molecular weight excluding hydrogens is 396 g/mol. The largest absolute Gasteiger partial charge is 0.491 e. The first-order valence-electron chi connectivity index (χ1n) is 8.64. The molecule has 0 aliphatic heterocycles. The highest BCUT2D eigenvalue weighted by Crippen LogP contribution is 2.29. The van der Waals surface area contributed by atoms with Gasteiger partial charge in [0.25, 0.3) is 15.9 Å². The second-order valence-electron chi connectivity index (χ2n) is 5.92. The van der Waals surface area contributed by atoms with Crippen molar-refractivity contribution >= 4 is 15.8 Å². The number of hydrogen-bond donors (Lipinski definition) is 2. The van der Waals surface area contributed by atoms with Gasteiger partial charge in [-0.1, -0.05) is 0 Å². The van der Waals surface area contributed by atoms with E-state index in [0.29, 0.717) is 17.0 Å². The number of methoxy groups -OCH3 is 1. The molecule has 3 aromatic rings. The Bertz CT molecular complexity index is 1090. The predicted octanol–water partition coefficient (Wildman–Crippen LogP) is 2.03. The molecule has 0 atom stereocenters. The lowest BCUT2D eigenvalue weighted by Crippen LogP contribution is -2.16. The summed E-state index contributed by atoms with van der Waals surface area (Å²) >= 11 is 0. The standard InChI is InChI=1S/C19H20N4O5S/c1-13-12-21-18(19(22-13)27-2)23-29(25,26)16-4-3-9-20-17(16)14-5-7-15(8-6-14)28-11-10-24/h3-9,12,24H,10-11H2,1-2H3,(H,21,23). The molecule has 0 bridgehead atoms. The summed E-state index contributed by atoms with van der Waals surface area (Å²) < 4.78 is 38.9. The van der Waals surface area contributed by atoms with E-state index in [4.69, 9.17) is 14.6 Å². The zero-order valence-electron chi connectivity index (χ0n) is 15.9. The van der Waals surface area contributed by atoms with Crippen molar-refractivity contribution in [2.24, 2.45) is 0 Å². The second kappa shape index (κ2) is 8.84. The van der Waals surface area contributed by atoms with Crippen molar-refractivity contribution in [3.8, 4) is 22.9 Å². The van der Waals surface area contributed by atoms with Gasteiger partial charge >= 0.3 is 0 Å². The lowest BCUT2D eigenvalue weighted by Gasteiger charge is -2.13. The predicted molar refractivity (Wildman–Crippen MR) is 106 cm³/mol. The maximum absolute atomic E-state index is 13.0. The van der Waals surface area contributed by atoms with Gasteiger partial charge in [-0.25, -0.2) is 18.4 Å². The third kappa shape index (κ3) is 4.79. The number of sulfonamides is 1. The number of aliphatic hydroxyl groups excluding tert-OH is 1. The number of aliphatic hydroxyl groups is 1. The van der Waals surface area contributed by atoms with Crippen molar-refractivity contribution in [3.63, 3.8) is 0 Å². The molecule has 0 spiro atoms. The highest BCUT2D eigenvalue weighted by molar-refractivity contribution is 7.92. The van der Waals surface area contributed by atoms with Gasteiger partial charge in [-0.3, -0.25) is 9.71 Å². The summed E-state index contributed by atoms with van der Waals surface area (Å²) in [4.78, 5) is 12.4. The first kappa shape index (κ1) is 20.5. The number of aryl methyl sites for hydroxylation is 1. The van der Waals surface area contributed by atoms with Gasteiger partial charge in [0.05, 0.1) is 31.3 Å². The van der Waals surface area contributed by atoms with E-state index in [-0.39, 0.29) is 35.5 Å². The summed E-state index contributed by atoms with van der Waals surface area (Å²) in [6.07, 6.45) is 2.95. The van der Waals surface area contributed by atoms with Crippen molar-refractivity contribution in [1.82, 2.24) is 15.0 Å². The monoisotopic (exact) mass is 416 g/mol. The van der Waals surface area contributed by atoms with Gasteiger partial charge < -0.3 is 14.6 Å². The molecule has 2 heterocycles. The molecule has 3 rings (SSSR count). The molecule has 0 radical (unpaired) electrons. The van der Waals surface area contributed by atoms with Gasteiger partial charge in [0.1, 0.15) is 17.3 Å². The minimum absolute atomic E-state index is 0.0133. The summed E-state index contributed by atoms with van der Waals surface area (Å²) in [5.41, 5.74) is 1.45. The van der Waals surface area contributed by atoms with Crippen molar-refractivity contribution in [3.05, 3.63) is 54.5 Å². The Hall–Kier alpha value is -3.24. The van der Waals surface area contributed by atoms with Crippen molar-refractivity contribution < 1.29 is 23.0 Å². The average molecular weight is 416 g/mol. The topological polar surface area (TPSA) is 124 Å². The van der Waals surface area contributed by atoms with Crippen LogP contribution in [-0.2, 0) is 10.0 Å². The van der Waals surface area contributed by atoms with E-state index in [1.54, 1.807) is 31.2 Å². The quantitative estimate of drug-likeness (QED) is 0.572. The van der Waals surface area contributed by atoms with Crippen molar-refractivity contribution in [2.75, 3.05) is 25.0 Å². The van der Waals surface area contributed by atoms with Gasteiger partial charge in [-0.05, 0) is 43.3 Å². The summed E-state index contributed by atoms with van der Waals surface area (Å²) in [6.45, 7) is 1.80. The van der Waals surface area contributed by atoms with Crippen molar-refractivity contribution in [2.45, 2.75) is 11.8 Å². The van der Waals surface area contributed by atoms with Crippen LogP contribution >= 0.6 is 0 Å². The number of benzene rings is 1. The van der Waals surface area contributed by atoms with Crippen LogP contribution in [0.1, 0.15) is 5.69 Å². The molecule has 0 aliphatic rings. The fraction of sp³-hybridized carbons (Fsp3) is 0.211. The van der Waals surface area contributed by atoms with E-state index >= 15 is 0 Å². The Labute approximate surface area is 168 Å². The zero-order valence-corrected chi connectivity index (χ0v) is 16.7. The number of hydrogen-bond acceptors (Lipinski definition) is 8. The van der Waals surface area contributed by atoms with Crippen LogP contribution in [0.5, 0.6) is 11.6 Å². The molecule has 0 unspecified atom stereocenters. The van der Waals surface area contributed by atoms with Crippen LogP contribution in [0.3, 0.4) is 0 Å². The molecule has 10 heteroatoms. The normalized spacial score (nSPS) is 11.1. The molecule has 0 amide bonds. The summed E-state index contributed by atoms with van der Waals surface area (Å²) in [7, 11) is -2.64. The average Bonchev–Trinajstić information content (AvgIpc) is 2.73. The molecule has 152 valence electrons. The molecule has 9 nitrogen and oxygen atoms in total. The number of ether oxygens (including phenoxy) is 2. The Balaban J connectivity index is 1.95. The first-order valence-corrected chi connectivity index (χ1v) is 10.1. The summed E-state index contributed by atoms with van der Waals surface area (Å²) in [5.74, 6) is 0.617. The highest BCUT2D eigenvalue weighted by Gasteiger charge is 2.23. The van der Waals surface area contributed by atoms with Crippen LogP contribution in [0.2, 0.25) is 0 Å². The van der Waals surface area contributed by atoms with E-state index in [1.165, 1.54) is 31.6 Å². The molecule has 2 N–H and O–H groups in total. The maximum Gasteiger partial charge on any atom is 0.265 e. The maximum atomic E-state index is 13.0. The third-order valence-corrected chi connectivity index (χ3v) is 5.20. The zero-order chi connectivity index (χ0) is 20.9. The number of rotatable bonds is 8. The minimum Gasteiger partial charge on any atom is -0.491 e. The first-order chi connectivity index (χ1) is 13.9. The molecule has 2 aromatic heterocycles. The highest BCUT2D eigenvalue weighted by atomic mass is 32.2. The summed E-state index contributed by atoms with van der Waals surface area (Å²) in [5, 5.41) is 8.83. The number of aromatic nitrogens is 3. The molecule has 0 aliphatic carbocycles. The Morgan fingerprint density at radius 2 is 1.90 bits per heavy atom. The Morgan fingerprint density at radius 3 is 2.59 bits per heavy atom. The number of nitrogens with zero attached hydrogens (tertiary/aromatic N) is 3. The Kier molecular flexibility index (Phi) is 6.25. The molecular formula is C19H20N4O5S. The summed E-state index contributed by atoms with van der Waals surface area (Å²) in [6, 6.07) is 9.74. The van der Waals surface area contributed by atoms with E-state index < -0.39 is 10.0 Å². The third-order valence-electron chi connectivity index (χ3n) is 3.83. The van der Waals surface area contributed by atoms with Crippen LogP contribution in [0.25, 0.3) is 11.3 Å². The molecule has 0 saturated carbocycles. The fourth-order valence-electron chi connectivity index (χ4n) is 2.55. The molecule has 29 heavy (non-hydrogen) atoms. The fourth-order valence-corrected chi connectivity index (χ4v) is 3.73. The molecule has 1 aromatic carbocycles. The SMILES string of the molecule is COc1nc(C)cnc1NS(=O)(=O)c1cccnc1-c1ccc(OCCO)cc1. The van der Waals surface area contributed by atoms with Gasteiger partial charge in [0, 0.05) is 11.8 Å². The number of nitrogens with one attached hydrogen (secondary N) is 1. The van der Waals surface area contributed by atoms with Gasteiger partial charge in [0.15, 0.2) is 0 Å². The minimum atomic E-state index is -4.02. The lowest BCUT2D eigenvalue weighted by molar-refractivity contribution is 0.201. The number of pyridine rings is 1. The van der Waals surface area contributed by atoms with Crippen LogP contribution in [-0.4, -0.2) is 48.8 Å². The van der Waals surface area contributed by atoms with Crippen molar-refractivity contribution in [1.29, 1.82) is 0 Å². The van der Waals surface area contributed by atoms with Crippen LogP contribution in [0, 0.1) is 6.92 Å². The van der Waals surface area contributed by atoms with Crippen LogP contribution < -0.4 is 14.2 Å². The molecule has 0 fully saturated rings.